The van der Waals surface area contributed by atoms with Gasteiger partial charge in [-0.3, -0.25) is 4.99 Å². The Hall–Kier alpha value is -2.81. The number of aromatic amines is 1. The molecule has 0 fully saturated rings. The molecule has 22 heavy (non-hydrogen) atoms. The van der Waals surface area contributed by atoms with Gasteiger partial charge >= 0.3 is 6.18 Å². The lowest BCUT2D eigenvalue weighted by molar-refractivity contribution is -0.138. The summed E-state index contributed by atoms with van der Waals surface area (Å²) in [5.41, 5.74) is 0.848. The maximum atomic E-state index is 12.8. The van der Waals surface area contributed by atoms with Crippen LogP contribution in [0.1, 0.15) is 17.0 Å². The minimum atomic E-state index is -4.46. The van der Waals surface area contributed by atoms with Crippen molar-refractivity contribution in [2.75, 3.05) is 0 Å². The number of alkyl halides is 3. The number of benzene rings is 1. The van der Waals surface area contributed by atoms with Gasteiger partial charge in [-0.2, -0.15) is 13.2 Å². The highest BCUT2D eigenvalue weighted by atomic mass is 19.4. The van der Waals surface area contributed by atoms with E-state index in [0.29, 0.717) is 5.82 Å². The first kappa shape index (κ1) is 14.1. The Morgan fingerprint density at radius 2 is 2.05 bits per heavy atom. The van der Waals surface area contributed by atoms with Crippen molar-refractivity contribution in [3.05, 3.63) is 65.5 Å². The van der Waals surface area contributed by atoms with E-state index < -0.39 is 11.7 Å². The molecule has 3 nitrogen and oxygen atoms in total. The topological polar surface area (TPSA) is 41.0 Å². The second-order valence-corrected chi connectivity index (χ2v) is 4.61. The molecule has 1 aromatic heterocycles. The smallest absolute Gasteiger partial charge is 0.337 e. The molecule has 110 valence electrons. The van der Waals surface area contributed by atoms with Crippen LogP contribution in [0, 0.1) is 12.1 Å². The minimum Gasteiger partial charge on any atom is -0.337 e. The number of aromatic nitrogens is 2. The highest BCUT2D eigenvalue weighted by molar-refractivity contribution is 5.83. The van der Waals surface area contributed by atoms with Crippen LogP contribution in [0.4, 0.5) is 13.2 Å². The number of hydrogen-bond donors (Lipinski definition) is 1. The van der Waals surface area contributed by atoms with E-state index in [0.717, 1.165) is 11.0 Å². The Morgan fingerprint density at radius 3 is 2.82 bits per heavy atom. The SMILES string of the molecule is FC(F)(F)c1c#cccc1CN=Cc1nc2ccccc2[nH]1. The number of halogens is 3. The first-order valence-corrected chi connectivity index (χ1v) is 6.47. The normalized spacial score (nSPS) is 12.0. The van der Waals surface area contributed by atoms with Crippen molar-refractivity contribution >= 4 is 17.2 Å². The lowest BCUT2D eigenvalue weighted by Crippen LogP contribution is -2.08. The largest absolute Gasteiger partial charge is 0.424 e. The Kier molecular flexibility index (Phi) is 3.55. The predicted molar refractivity (Wildman–Crippen MR) is 76.5 cm³/mol. The number of hydrogen-bond acceptors (Lipinski definition) is 2. The summed E-state index contributed by atoms with van der Waals surface area (Å²) in [4.78, 5) is 11.3. The third-order valence-electron chi connectivity index (χ3n) is 3.05. The number of imidazole rings is 1. The van der Waals surface area contributed by atoms with Gasteiger partial charge in [0.15, 0.2) is 0 Å². The predicted octanol–water partition coefficient (Wildman–Crippen LogP) is 3.80. The fourth-order valence-corrected chi connectivity index (χ4v) is 2.07. The molecule has 0 unspecified atom stereocenters. The van der Waals surface area contributed by atoms with E-state index in [2.05, 4.69) is 27.1 Å². The van der Waals surface area contributed by atoms with Crippen LogP contribution in [0.25, 0.3) is 11.0 Å². The van der Waals surface area contributed by atoms with Crippen LogP contribution in [-0.4, -0.2) is 16.2 Å². The Balaban J connectivity index is 1.80. The molecule has 0 amide bonds. The van der Waals surface area contributed by atoms with Crippen molar-refractivity contribution in [3.63, 3.8) is 0 Å². The van der Waals surface area contributed by atoms with E-state index in [-0.39, 0.29) is 12.1 Å². The molecule has 0 saturated carbocycles. The molecule has 1 heterocycles. The second-order valence-electron chi connectivity index (χ2n) is 4.61. The first-order chi connectivity index (χ1) is 10.5. The van der Waals surface area contributed by atoms with Gasteiger partial charge in [0.2, 0.25) is 0 Å². The third-order valence-corrected chi connectivity index (χ3v) is 3.05. The second kappa shape index (κ2) is 5.53. The van der Waals surface area contributed by atoms with E-state index in [9.17, 15) is 13.2 Å². The van der Waals surface area contributed by atoms with Gasteiger partial charge in [-0.15, -0.1) is 0 Å². The van der Waals surface area contributed by atoms with Gasteiger partial charge in [-0.05, 0) is 29.8 Å². The van der Waals surface area contributed by atoms with Crippen molar-refractivity contribution in [1.82, 2.24) is 9.97 Å². The quantitative estimate of drug-likeness (QED) is 0.734. The van der Waals surface area contributed by atoms with Crippen molar-refractivity contribution in [2.45, 2.75) is 12.7 Å². The lowest BCUT2D eigenvalue weighted by atomic mass is 10.1. The molecule has 0 spiro atoms. The summed E-state index contributed by atoms with van der Waals surface area (Å²) in [5.74, 6) is 0.501. The maximum absolute atomic E-state index is 12.8. The summed E-state index contributed by atoms with van der Waals surface area (Å²) in [6, 6.07) is 14.6. The van der Waals surface area contributed by atoms with Gasteiger partial charge in [0.05, 0.1) is 23.8 Å². The summed E-state index contributed by atoms with van der Waals surface area (Å²) in [5, 5.41) is 0. The summed E-state index contributed by atoms with van der Waals surface area (Å²) in [7, 11) is 0. The Bertz CT molecular complexity index is 786. The molecule has 6 heteroatoms. The number of nitrogens with one attached hydrogen (secondary N) is 1. The molecule has 0 atom stereocenters. The summed E-state index contributed by atoms with van der Waals surface area (Å²) in [6.07, 6.45) is -3.03. The van der Waals surface area contributed by atoms with Gasteiger partial charge < -0.3 is 4.98 Å². The van der Waals surface area contributed by atoms with E-state index >= 15 is 0 Å². The molecule has 0 radical (unpaired) electrons. The molecule has 1 N–H and O–H groups in total. The van der Waals surface area contributed by atoms with Gasteiger partial charge in [0.1, 0.15) is 11.4 Å². The van der Waals surface area contributed by atoms with Gasteiger partial charge in [-0.25, -0.2) is 4.98 Å². The van der Waals surface area contributed by atoms with Gasteiger partial charge in [0, 0.05) is 0 Å². The van der Waals surface area contributed by atoms with E-state index in [1.165, 1.54) is 18.3 Å². The monoisotopic (exact) mass is 301 g/mol. The molecule has 0 aliphatic carbocycles. The molecule has 0 aliphatic rings. The summed E-state index contributed by atoms with van der Waals surface area (Å²) in [6.45, 7) is -0.100. The van der Waals surface area contributed by atoms with E-state index in [4.69, 9.17) is 0 Å². The number of para-hydroxylation sites is 2. The van der Waals surface area contributed by atoms with Crippen LogP contribution in [0.15, 0.2) is 41.4 Å². The van der Waals surface area contributed by atoms with Gasteiger partial charge in [-0.1, -0.05) is 24.3 Å². The maximum Gasteiger partial charge on any atom is 0.424 e. The molecule has 3 rings (SSSR count). The number of nitrogens with zero attached hydrogens (tertiary/aromatic N) is 2. The van der Waals surface area contributed by atoms with Crippen LogP contribution in [0.3, 0.4) is 0 Å². The fraction of sp³-hybridized carbons (Fsp3) is 0.125. The summed E-state index contributed by atoms with van der Waals surface area (Å²) >= 11 is 0. The van der Waals surface area contributed by atoms with E-state index in [1.807, 2.05) is 24.3 Å². The zero-order valence-corrected chi connectivity index (χ0v) is 11.3. The molecule has 2 aromatic carbocycles. The molecular formula is C16H10F3N3. The van der Waals surface area contributed by atoms with Crippen molar-refractivity contribution in [1.29, 1.82) is 0 Å². The fourth-order valence-electron chi connectivity index (χ4n) is 2.07. The zero-order valence-electron chi connectivity index (χ0n) is 11.3. The zero-order chi connectivity index (χ0) is 15.6. The number of rotatable bonds is 3. The molecule has 0 saturated heterocycles. The van der Waals surface area contributed by atoms with Crippen LogP contribution >= 0.6 is 0 Å². The average molecular weight is 301 g/mol. The van der Waals surface area contributed by atoms with Crippen molar-refractivity contribution in [3.8, 4) is 0 Å². The standard InChI is InChI=1S/C16H10F3N3/c17-16(18,19)12-6-2-1-5-11(12)9-20-10-15-21-13-7-3-4-8-14(13)22-15/h1,3-5,7-8,10H,9H2,(H,21,22). The lowest BCUT2D eigenvalue weighted by Gasteiger charge is -2.07. The summed E-state index contributed by atoms with van der Waals surface area (Å²) < 4.78 is 38.4. The van der Waals surface area contributed by atoms with Crippen LogP contribution in [0.2, 0.25) is 0 Å². The number of fused-ring (bicyclic) bond motifs is 1. The molecule has 0 bridgehead atoms. The van der Waals surface area contributed by atoms with Crippen molar-refractivity contribution in [2.24, 2.45) is 4.99 Å². The molecule has 0 aliphatic heterocycles. The van der Waals surface area contributed by atoms with E-state index in [1.54, 1.807) is 0 Å². The first-order valence-electron chi connectivity index (χ1n) is 6.47. The van der Waals surface area contributed by atoms with Gasteiger partial charge in [0.25, 0.3) is 0 Å². The van der Waals surface area contributed by atoms with Crippen LogP contribution < -0.4 is 0 Å². The molecular weight excluding hydrogens is 291 g/mol. The minimum absolute atomic E-state index is 0.0543. The molecule has 3 aromatic rings. The average Bonchev–Trinajstić information content (AvgIpc) is 2.89. The highest BCUT2D eigenvalue weighted by Crippen LogP contribution is 2.30. The third kappa shape index (κ3) is 2.93. The highest BCUT2D eigenvalue weighted by Gasteiger charge is 2.33. The number of H-pyrrole nitrogens is 1. The van der Waals surface area contributed by atoms with Crippen LogP contribution in [-0.2, 0) is 12.7 Å². The number of aliphatic imine (C=N–C) groups is 1. The Morgan fingerprint density at radius 1 is 1.23 bits per heavy atom. The van der Waals surface area contributed by atoms with Crippen LogP contribution in [0.5, 0.6) is 0 Å². The van der Waals surface area contributed by atoms with Crippen molar-refractivity contribution < 1.29 is 13.2 Å². The Labute approximate surface area is 124 Å².